The summed E-state index contributed by atoms with van der Waals surface area (Å²) >= 11 is 0. The van der Waals surface area contributed by atoms with E-state index in [1.807, 2.05) is 18.2 Å². The van der Waals surface area contributed by atoms with Crippen LogP contribution in [-0.4, -0.2) is 17.9 Å². The van der Waals surface area contributed by atoms with Gasteiger partial charge < -0.3 is 25.6 Å². The molecular weight excluding hydrogens is 272 g/mol. The molecule has 0 bridgehead atoms. The number of hydrogen-bond acceptors (Lipinski definition) is 5. The van der Waals surface area contributed by atoms with Crippen molar-refractivity contribution in [1.29, 1.82) is 0 Å². The Morgan fingerprint density at radius 1 is 1.19 bits per heavy atom. The summed E-state index contributed by atoms with van der Waals surface area (Å²) in [5, 5.41) is 12.1. The average molecular weight is 286 g/mol. The molecule has 2 aromatic rings. The lowest BCUT2D eigenvalue weighted by atomic mass is 10.1. The van der Waals surface area contributed by atoms with Gasteiger partial charge >= 0.3 is 5.97 Å². The van der Waals surface area contributed by atoms with Gasteiger partial charge in [0.05, 0.1) is 16.9 Å². The van der Waals surface area contributed by atoms with E-state index in [9.17, 15) is 4.79 Å². The minimum absolute atomic E-state index is 0.192. The van der Waals surface area contributed by atoms with Crippen molar-refractivity contribution in [2.24, 2.45) is 0 Å². The number of fused-ring (bicyclic) bond motifs is 1. The van der Waals surface area contributed by atoms with Gasteiger partial charge in [-0.15, -0.1) is 0 Å². The highest BCUT2D eigenvalue weighted by molar-refractivity contribution is 5.90. The average Bonchev–Trinajstić information content (AvgIpc) is 2.93. The second-order valence-electron chi connectivity index (χ2n) is 4.65. The number of carbonyl (C=O) groups is 1. The Labute approximate surface area is 121 Å². The molecule has 0 spiro atoms. The summed E-state index contributed by atoms with van der Waals surface area (Å²) in [6, 6.07) is 10.2. The molecule has 1 aliphatic rings. The highest BCUT2D eigenvalue weighted by Crippen LogP contribution is 2.32. The molecular formula is C15H14N2O4. The fourth-order valence-electron chi connectivity index (χ4n) is 2.09. The van der Waals surface area contributed by atoms with Gasteiger partial charge in [-0.3, -0.25) is 0 Å². The molecule has 1 heterocycles. The predicted octanol–water partition coefficient (Wildman–Crippen LogP) is 2.31. The van der Waals surface area contributed by atoms with Crippen molar-refractivity contribution in [3.63, 3.8) is 0 Å². The van der Waals surface area contributed by atoms with Crippen LogP contribution >= 0.6 is 0 Å². The second kappa shape index (κ2) is 5.24. The number of anilines is 2. The van der Waals surface area contributed by atoms with Crippen molar-refractivity contribution in [3.8, 4) is 11.5 Å². The van der Waals surface area contributed by atoms with Crippen LogP contribution in [0.15, 0.2) is 36.4 Å². The number of ether oxygens (including phenoxy) is 2. The van der Waals surface area contributed by atoms with E-state index in [1.165, 1.54) is 12.1 Å². The second-order valence-corrected chi connectivity index (χ2v) is 4.65. The number of hydrogen-bond donors (Lipinski definition) is 3. The lowest BCUT2D eigenvalue weighted by Gasteiger charge is -2.10. The van der Waals surface area contributed by atoms with Gasteiger partial charge in [-0.2, -0.15) is 0 Å². The number of aromatic carboxylic acids is 1. The van der Waals surface area contributed by atoms with Crippen LogP contribution in [0.3, 0.4) is 0 Å². The molecule has 0 amide bonds. The summed E-state index contributed by atoms with van der Waals surface area (Å²) in [5.74, 6) is 0.453. The number of nitrogen functional groups attached to an aromatic ring is 1. The van der Waals surface area contributed by atoms with Crippen molar-refractivity contribution in [1.82, 2.24) is 0 Å². The maximum Gasteiger partial charge on any atom is 0.335 e. The van der Waals surface area contributed by atoms with Crippen LogP contribution in [0.4, 0.5) is 11.4 Å². The molecule has 1 aliphatic heterocycles. The van der Waals surface area contributed by atoms with Crippen molar-refractivity contribution in [3.05, 3.63) is 47.5 Å². The molecule has 21 heavy (non-hydrogen) atoms. The summed E-state index contributed by atoms with van der Waals surface area (Å²) < 4.78 is 10.6. The number of carboxylic acids is 1. The summed E-state index contributed by atoms with van der Waals surface area (Å²) in [7, 11) is 0. The Balaban J connectivity index is 1.75. The Kier molecular flexibility index (Phi) is 3.27. The molecule has 0 fully saturated rings. The van der Waals surface area contributed by atoms with Crippen LogP contribution in [-0.2, 0) is 6.54 Å². The summed E-state index contributed by atoms with van der Waals surface area (Å²) in [5.41, 5.74) is 8.11. The van der Waals surface area contributed by atoms with Gasteiger partial charge in [0.15, 0.2) is 11.5 Å². The molecule has 6 nitrogen and oxygen atoms in total. The van der Waals surface area contributed by atoms with Gasteiger partial charge in [-0.1, -0.05) is 6.07 Å². The number of carboxylic acid groups (broad SMARTS) is 1. The number of benzene rings is 2. The number of rotatable bonds is 4. The molecule has 4 N–H and O–H groups in total. The first-order chi connectivity index (χ1) is 10.1. The maximum absolute atomic E-state index is 11.0. The van der Waals surface area contributed by atoms with Gasteiger partial charge in [-0.25, -0.2) is 4.79 Å². The summed E-state index contributed by atoms with van der Waals surface area (Å²) in [6.07, 6.45) is 0. The fraction of sp³-hybridized carbons (Fsp3) is 0.133. The zero-order valence-electron chi connectivity index (χ0n) is 11.1. The Morgan fingerprint density at radius 2 is 2.00 bits per heavy atom. The largest absolute Gasteiger partial charge is 0.478 e. The first-order valence-electron chi connectivity index (χ1n) is 6.39. The highest BCUT2D eigenvalue weighted by atomic mass is 16.7. The van der Waals surface area contributed by atoms with Crippen LogP contribution in [0.2, 0.25) is 0 Å². The standard InChI is InChI=1S/C15H14N2O4/c16-11-3-2-10(15(18)19)6-12(11)17-7-9-1-4-13-14(5-9)21-8-20-13/h1-6,17H,7-8,16H2,(H,18,19). The molecule has 0 aliphatic carbocycles. The van der Waals surface area contributed by atoms with E-state index in [0.29, 0.717) is 23.7 Å². The topological polar surface area (TPSA) is 93.8 Å². The van der Waals surface area contributed by atoms with Crippen LogP contribution in [0, 0.1) is 0 Å². The lowest BCUT2D eigenvalue weighted by molar-refractivity contribution is 0.0697. The van der Waals surface area contributed by atoms with E-state index in [-0.39, 0.29) is 12.4 Å². The Bertz CT molecular complexity index is 700. The van der Waals surface area contributed by atoms with Gasteiger partial charge in [0, 0.05) is 6.54 Å². The molecule has 6 heteroatoms. The van der Waals surface area contributed by atoms with Gasteiger partial charge in [0.25, 0.3) is 0 Å². The smallest absolute Gasteiger partial charge is 0.335 e. The summed E-state index contributed by atoms with van der Waals surface area (Å²) in [6.45, 7) is 0.740. The van der Waals surface area contributed by atoms with Gasteiger partial charge in [0.2, 0.25) is 6.79 Å². The van der Waals surface area contributed by atoms with Crippen molar-refractivity contribution < 1.29 is 19.4 Å². The summed E-state index contributed by atoms with van der Waals surface area (Å²) in [4.78, 5) is 11.0. The fourth-order valence-corrected chi connectivity index (χ4v) is 2.09. The van der Waals surface area contributed by atoms with E-state index in [1.54, 1.807) is 6.07 Å². The van der Waals surface area contributed by atoms with E-state index in [2.05, 4.69) is 5.32 Å². The van der Waals surface area contributed by atoms with Crippen LogP contribution in [0.1, 0.15) is 15.9 Å². The van der Waals surface area contributed by atoms with Crippen LogP contribution in [0.5, 0.6) is 11.5 Å². The highest BCUT2D eigenvalue weighted by Gasteiger charge is 2.13. The van der Waals surface area contributed by atoms with Crippen molar-refractivity contribution in [2.45, 2.75) is 6.54 Å². The monoisotopic (exact) mass is 286 g/mol. The van der Waals surface area contributed by atoms with E-state index in [0.717, 1.165) is 11.3 Å². The van der Waals surface area contributed by atoms with E-state index < -0.39 is 5.97 Å². The lowest BCUT2D eigenvalue weighted by Crippen LogP contribution is -2.05. The minimum atomic E-state index is -0.985. The molecule has 0 radical (unpaired) electrons. The molecule has 108 valence electrons. The third kappa shape index (κ3) is 2.69. The van der Waals surface area contributed by atoms with Crippen LogP contribution in [0.25, 0.3) is 0 Å². The molecule has 0 unspecified atom stereocenters. The van der Waals surface area contributed by atoms with E-state index in [4.69, 9.17) is 20.3 Å². The first kappa shape index (κ1) is 13.1. The zero-order chi connectivity index (χ0) is 14.8. The number of nitrogens with two attached hydrogens (primary N) is 1. The predicted molar refractivity (Wildman–Crippen MR) is 77.7 cm³/mol. The quantitative estimate of drug-likeness (QED) is 0.747. The molecule has 0 aromatic heterocycles. The molecule has 2 aromatic carbocycles. The van der Waals surface area contributed by atoms with Crippen molar-refractivity contribution >= 4 is 17.3 Å². The third-order valence-electron chi connectivity index (χ3n) is 3.22. The molecule has 3 rings (SSSR count). The Hall–Kier alpha value is -2.89. The molecule has 0 saturated heterocycles. The molecule has 0 atom stereocenters. The normalized spacial score (nSPS) is 12.2. The maximum atomic E-state index is 11.0. The SMILES string of the molecule is Nc1ccc(C(=O)O)cc1NCc1ccc2c(c1)OCO2. The third-order valence-corrected chi connectivity index (χ3v) is 3.22. The van der Waals surface area contributed by atoms with Gasteiger partial charge in [-0.05, 0) is 35.9 Å². The van der Waals surface area contributed by atoms with Gasteiger partial charge in [0.1, 0.15) is 0 Å². The Morgan fingerprint density at radius 3 is 2.81 bits per heavy atom. The minimum Gasteiger partial charge on any atom is -0.478 e. The van der Waals surface area contributed by atoms with E-state index >= 15 is 0 Å². The van der Waals surface area contributed by atoms with Crippen molar-refractivity contribution in [2.75, 3.05) is 17.8 Å². The zero-order valence-corrected chi connectivity index (χ0v) is 11.1. The van der Waals surface area contributed by atoms with Crippen LogP contribution < -0.4 is 20.5 Å². The first-order valence-corrected chi connectivity index (χ1v) is 6.39. The number of nitrogens with one attached hydrogen (secondary N) is 1. The molecule has 0 saturated carbocycles.